The Morgan fingerprint density at radius 3 is 2.75 bits per heavy atom. The molecule has 1 unspecified atom stereocenters. The lowest BCUT2D eigenvalue weighted by atomic mass is 10.00. The molecule has 2 rings (SSSR count). The maximum absolute atomic E-state index is 3.61. The van der Waals surface area contributed by atoms with Crippen LogP contribution < -0.4 is 0 Å². The van der Waals surface area contributed by atoms with Gasteiger partial charge in [0.15, 0.2) is 0 Å². The predicted octanol–water partition coefficient (Wildman–Crippen LogP) is 3.90. The van der Waals surface area contributed by atoms with Crippen molar-refractivity contribution in [3.05, 3.63) is 33.4 Å². The Morgan fingerprint density at radius 1 is 1.31 bits per heavy atom. The lowest BCUT2D eigenvalue weighted by Crippen LogP contribution is -2.35. The first-order valence-electron chi connectivity index (χ1n) is 5.80. The number of alkyl halides is 1. The fraction of sp³-hybridized carbons (Fsp3) is 0.538. The number of hydrogen-bond acceptors (Lipinski definition) is 1. The van der Waals surface area contributed by atoms with Gasteiger partial charge in [-0.3, -0.25) is 4.90 Å². The van der Waals surface area contributed by atoms with E-state index in [1.807, 2.05) is 0 Å². The number of likely N-dealkylation sites (tertiary alicyclic amines) is 1. The van der Waals surface area contributed by atoms with Crippen LogP contribution >= 0.6 is 38.5 Å². The number of nitrogens with zero attached hydrogens (tertiary/aromatic N) is 1. The van der Waals surface area contributed by atoms with Crippen LogP contribution in [0.3, 0.4) is 0 Å². The fourth-order valence-electron chi connectivity index (χ4n) is 2.27. The molecule has 0 saturated carbocycles. The zero-order valence-corrected chi connectivity index (χ0v) is 13.1. The van der Waals surface area contributed by atoms with E-state index in [4.69, 9.17) is 0 Å². The minimum absolute atomic E-state index is 0.845. The third kappa shape index (κ3) is 3.70. The van der Waals surface area contributed by atoms with Crippen molar-refractivity contribution in [2.24, 2.45) is 5.92 Å². The van der Waals surface area contributed by atoms with E-state index in [2.05, 4.69) is 67.7 Å². The van der Waals surface area contributed by atoms with Gasteiger partial charge in [0.05, 0.1) is 0 Å². The summed E-state index contributed by atoms with van der Waals surface area (Å²) in [5.41, 5.74) is 1.44. The quantitative estimate of drug-likeness (QED) is 0.556. The van der Waals surface area contributed by atoms with Crippen molar-refractivity contribution >= 4 is 38.5 Å². The highest BCUT2D eigenvalue weighted by Crippen LogP contribution is 2.20. The van der Waals surface area contributed by atoms with E-state index in [-0.39, 0.29) is 0 Å². The molecule has 1 aromatic rings. The normalized spacial score (nSPS) is 22.2. The van der Waals surface area contributed by atoms with E-state index < -0.39 is 0 Å². The molecule has 1 heterocycles. The van der Waals surface area contributed by atoms with Crippen molar-refractivity contribution in [2.45, 2.75) is 19.4 Å². The molecule has 0 amide bonds. The summed E-state index contributed by atoms with van der Waals surface area (Å²) in [5, 5.41) is 1.15. The molecule has 0 bridgehead atoms. The van der Waals surface area contributed by atoms with Crippen LogP contribution in [-0.4, -0.2) is 23.3 Å². The van der Waals surface area contributed by atoms with E-state index in [1.165, 1.54) is 35.1 Å². The first-order valence-corrected chi connectivity index (χ1v) is 8.00. The maximum atomic E-state index is 3.61. The lowest BCUT2D eigenvalue weighted by molar-refractivity contribution is 0.179. The summed E-state index contributed by atoms with van der Waals surface area (Å²) in [6, 6.07) is 8.89. The molecule has 0 aromatic heterocycles. The van der Waals surface area contributed by atoms with Gasteiger partial charge in [0, 0.05) is 22.0 Å². The fourth-order valence-corrected chi connectivity index (χ4v) is 3.16. The Balaban J connectivity index is 1.91. The molecule has 1 aromatic carbocycles. The first kappa shape index (κ1) is 12.8. The largest absolute Gasteiger partial charge is 0.299 e. The van der Waals surface area contributed by atoms with Crippen LogP contribution in [0, 0.1) is 9.49 Å². The van der Waals surface area contributed by atoms with Crippen molar-refractivity contribution in [1.29, 1.82) is 0 Å². The SMILES string of the molecule is BrCC1CCCN(Cc2ccc(I)cc2)C1. The summed E-state index contributed by atoms with van der Waals surface area (Å²) < 4.78 is 1.32. The molecule has 1 fully saturated rings. The number of benzene rings is 1. The van der Waals surface area contributed by atoms with E-state index in [0.717, 1.165) is 17.8 Å². The molecule has 0 radical (unpaired) electrons. The van der Waals surface area contributed by atoms with Gasteiger partial charge in [-0.15, -0.1) is 0 Å². The van der Waals surface area contributed by atoms with Crippen LogP contribution in [0.4, 0.5) is 0 Å². The molecule has 0 N–H and O–H groups in total. The smallest absolute Gasteiger partial charge is 0.0233 e. The lowest BCUT2D eigenvalue weighted by Gasteiger charge is -2.31. The molecule has 88 valence electrons. The van der Waals surface area contributed by atoms with Crippen LogP contribution in [0.25, 0.3) is 0 Å². The van der Waals surface area contributed by atoms with E-state index in [1.54, 1.807) is 0 Å². The second kappa shape index (κ2) is 6.36. The Morgan fingerprint density at radius 2 is 2.06 bits per heavy atom. The standard InChI is InChI=1S/C13H17BrIN/c14-8-12-2-1-7-16(10-12)9-11-3-5-13(15)6-4-11/h3-6,12H,1-2,7-10H2. The van der Waals surface area contributed by atoms with Gasteiger partial charge in [-0.1, -0.05) is 28.1 Å². The third-order valence-electron chi connectivity index (χ3n) is 3.14. The maximum Gasteiger partial charge on any atom is 0.0233 e. The first-order chi connectivity index (χ1) is 7.78. The summed E-state index contributed by atoms with van der Waals surface area (Å²) in [7, 11) is 0. The molecule has 1 saturated heterocycles. The summed E-state index contributed by atoms with van der Waals surface area (Å²) >= 11 is 5.96. The molecular weight excluding hydrogens is 377 g/mol. The molecule has 0 spiro atoms. The van der Waals surface area contributed by atoms with E-state index >= 15 is 0 Å². The average molecular weight is 394 g/mol. The monoisotopic (exact) mass is 393 g/mol. The summed E-state index contributed by atoms with van der Waals surface area (Å²) in [5.74, 6) is 0.845. The molecule has 1 atom stereocenters. The van der Waals surface area contributed by atoms with Crippen molar-refractivity contribution in [3.8, 4) is 0 Å². The van der Waals surface area contributed by atoms with Crippen LogP contribution in [0.1, 0.15) is 18.4 Å². The van der Waals surface area contributed by atoms with Gasteiger partial charge in [0.1, 0.15) is 0 Å². The molecule has 0 aliphatic carbocycles. The van der Waals surface area contributed by atoms with Crippen molar-refractivity contribution in [2.75, 3.05) is 18.4 Å². The zero-order chi connectivity index (χ0) is 11.4. The van der Waals surface area contributed by atoms with Gasteiger partial charge < -0.3 is 0 Å². The second-order valence-corrected chi connectivity index (χ2v) is 6.42. The number of rotatable bonds is 3. The molecule has 3 heteroatoms. The van der Waals surface area contributed by atoms with Gasteiger partial charge in [-0.25, -0.2) is 0 Å². The Bertz CT molecular complexity index is 325. The zero-order valence-electron chi connectivity index (χ0n) is 9.33. The molecule has 1 aliphatic heterocycles. The number of hydrogen-bond donors (Lipinski definition) is 0. The van der Waals surface area contributed by atoms with Crippen LogP contribution in [-0.2, 0) is 6.54 Å². The molecular formula is C13H17BrIN. The highest BCUT2D eigenvalue weighted by atomic mass is 127. The van der Waals surface area contributed by atoms with E-state index in [0.29, 0.717) is 0 Å². The second-order valence-electron chi connectivity index (χ2n) is 4.52. The Hall–Kier alpha value is 0.390. The Labute approximate surface area is 120 Å². The summed E-state index contributed by atoms with van der Waals surface area (Å²) in [4.78, 5) is 2.58. The predicted molar refractivity (Wildman–Crippen MR) is 81.0 cm³/mol. The molecule has 1 nitrogen and oxygen atoms in total. The van der Waals surface area contributed by atoms with Gasteiger partial charge >= 0.3 is 0 Å². The average Bonchev–Trinajstić information content (AvgIpc) is 2.32. The molecule has 1 aliphatic rings. The van der Waals surface area contributed by atoms with E-state index in [9.17, 15) is 0 Å². The van der Waals surface area contributed by atoms with Gasteiger partial charge in [-0.05, 0) is 65.6 Å². The van der Waals surface area contributed by atoms with Crippen LogP contribution in [0.15, 0.2) is 24.3 Å². The van der Waals surface area contributed by atoms with Gasteiger partial charge in [0.2, 0.25) is 0 Å². The number of halogens is 2. The number of piperidine rings is 1. The van der Waals surface area contributed by atoms with Crippen molar-refractivity contribution in [1.82, 2.24) is 4.90 Å². The topological polar surface area (TPSA) is 3.24 Å². The van der Waals surface area contributed by atoms with Crippen molar-refractivity contribution < 1.29 is 0 Å². The summed E-state index contributed by atoms with van der Waals surface area (Å²) in [6.07, 6.45) is 2.73. The van der Waals surface area contributed by atoms with Gasteiger partial charge in [0.25, 0.3) is 0 Å². The third-order valence-corrected chi connectivity index (χ3v) is 4.78. The van der Waals surface area contributed by atoms with Crippen LogP contribution in [0.5, 0.6) is 0 Å². The highest BCUT2D eigenvalue weighted by Gasteiger charge is 2.18. The van der Waals surface area contributed by atoms with Crippen molar-refractivity contribution in [3.63, 3.8) is 0 Å². The highest BCUT2D eigenvalue weighted by molar-refractivity contribution is 14.1. The molecule has 16 heavy (non-hydrogen) atoms. The van der Waals surface area contributed by atoms with Crippen LogP contribution in [0.2, 0.25) is 0 Å². The minimum atomic E-state index is 0.845. The summed E-state index contributed by atoms with van der Waals surface area (Å²) in [6.45, 7) is 3.62. The van der Waals surface area contributed by atoms with Gasteiger partial charge in [-0.2, -0.15) is 0 Å². The Kier molecular flexibility index (Phi) is 5.10. The minimum Gasteiger partial charge on any atom is -0.299 e.